The lowest BCUT2D eigenvalue weighted by molar-refractivity contribution is -0.116. The number of aromatic hydroxyl groups is 1. The van der Waals surface area contributed by atoms with E-state index in [1.165, 1.54) is 12.1 Å². The smallest absolute Gasteiger partial charge is 0.285 e. The van der Waals surface area contributed by atoms with Crippen molar-refractivity contribution in [1.29, 1.82) is 0 Å². The van der Waals surface area contributed by atoms with Gasteiger partial charge in [0.2, 0.25) is 5.88 Å². The van der Waals surface area contributed by atoms with Gasteiger partial charge in [0.25, 0.3) is 15.9 Å². The number of hydrogen-bond acceptors (Lipinski definition) is 6. The van der Waals surface area contributed by atoms with E-state index in [9.17, 15) is 18.3 Å². The number of H-pyrrole nitrogens is 1. The third-order valence-electron chi connectivity index (χ3n) is 5.24. The summed E-state index contributed by atoms with van der Waals surface area (Å²) in [7, 11) is -4.15. The van der Waals surface area contributed by atoms with Crippen LogP contribution in [0.3, 0.4) is 0 Å². The molecule has 0 aliphatic rings. The summed E-state index contributed by atoms with van der Waals surface area (Å²) in [4.78, 5) is 15.7. The maximum atomic E-state index is 13.6. The monoisotopic (exact) mass is 492 g/mol. The minimum atomic E-state index is -4.15. The molecule has 10 heteroatoms. The number of hydrogen-bond donors (Lipinski definition) is 2. The van der Waals surface area contributed by atoms with Crippen molar-refractivity contribution in [3.63, 3.8) is 0 Å². The third-order valence-corrected chi connectivity index (χ3v) is 7.02. The molecule has 180 valence electrons. The van der Waals surface area contributed by atoms with Crippen LogP contribution in [0.2, 0.25) is 0 Å². The maximum Gasteiger partial charge on any atom is 0.285 e. The van der Waals surface area contributed by atoms with Crippen LogP contribution >= 0.6 is 0 Å². The molecule has 0 fully saturated rings. The summed E-state index contributed by atoms with van der Waals surface area (Å²) < 4.78 is 33.8. The predicted molar refractivity (Wildman–Crippen MR) is 133 cm³/mol. The van der Waals surface area contributed by atoms with E-state index < -0.39 is 22.5 Å². The van der Waals surface area contributed by atoms with Crippen LogP contribution in [0.25, 0.3) is 10.9 Å². The molecule has 1 amide bonds. The van der Waals surface area contributed by atoms with Crippen molar-refractivity contribution in [3.8, 4) is 11.6 Å². The third kappa shape index (κ3) is 5.02. The number of carbonyl (C=O) groups is 1. The Kier molecular flexibility index (Phi) is 6.83. The summed E-state index contributed by atoms with van der Waals surface area (Å²) in [5.41, 5.74) is 1.82. The molecule has 0 aliphatic carbocycles. The van der Waals surface area contributed by atoms with Crippen LogP contribution in [0.1, 0.15) is 12.5 Å². The molecule has 35 heavy (non-hydrogen) atoms. The van der Waals surface area contributed by atoms with Gasteiger partial charge in [-0.2, -0.15) is 0 Å². The molecule has 0 spiro atoms. The first kappa shape index (κ1) is 24.0. The fourth-order valence-electron chi connectivity index (χ4n) is 3.55. The second-order valence-electron chi connectivity index (χ2n) is 7.69. The number of rotatable bonds is 8. The first-order valence-electron chi connectivity index (χ1n) is 10.9. The molecule has 0 unspecified atom stereocenters. The van der Waals surface area contributed by atoms with Gasteiger partial charge in [0, 0.05) is 5.39 Å². The predicted octanol–water partition coefficient (Wildman–Crippen LogP) is 5.09. The Morgan fingerprint density at radius 2 is 1.71 bits per heavy atom. The van der Waals surface area contributed by atoms with Gasteiger partial charge in [-0.15, -0.1) is 10.2 Å². The Bertz CT molecular complexity index is 1490. The summed E-state index contributed by atoms with van der Waals surface area (Å²) in [5.74, 6) is -0.755. The normalized spacial score (nSPS) is 11.7. The number of nitrogens with zero attached hydrogens (tertiary/aromatic N) is 3. The molecule has 0 bridgehead atoms. The average Bonchev–Trinajstić information content (AvgIpc) is 3.17. The van der Waals surface area contributed by atoms with Crippen molar-refractivity contribution in [2.45, 2.75) is 18.7 Å². The number of sulfonamides is 1. The van der Waals surface area contributed by atoms with E-state index in [1.807, 2.05) is 6.92 Å². The van der Waals surface area contributed by atoms with Crippen LogP contribution < -0.4 is 9.04 Å². The molecule has 0 aliphatic heterocycles. The van der Waals surface area contributed by atoms with Gasteiger partial charge in [0.15, 0.2) is 5.69 Å². The quantitative estimate of drug-likeness (QED) is 0.332. The molecule has 0 atom stereocenters. The Hall–Kier alpha value is -4.18. The van der Waals surface area contributed by atoms with E-state index in [4.69, 9.17) is 4.74 Å². The second kappa shape index (κ2) is 9.98. The topological polar surface area (TPSA) is 124 Å². The lowest BCUT2D eigenvalue weighted by Crippen LogP contribution is -2.35. The zero-order chi connectivity index (χ0) is 25.0. The lowest BCUT2D eigenvalue weighted by Gasteiger charge is -2.25. The number of carbonyl (C=O) groups excluding carboxylic acids is 1. The highest BCUT2D eigenvalue weighted by atomic mass is 32.2. The lowest BCUT2D eigenvalue weighted by atomic mass is 10.2. The Labute approximate surface area is 202 Å². The largest absolute Gasteiger partial charge is 0.493 e. The van der Waals surface area contributed by atoms with Crippen LogP contribution in [0.4, 0.5) is 11.4 Å². The number of ether oxygens (including phenoxy) is 1. The number of amides is 1. The molecule has 1 heterocycles. The van der Waals surface area contributed by atoms with Crippen molar-refractivity contribution < 1.29 is 23.1 Å². The molecule has 3 aromatic carbocycles. The van der Waals surface area contributed by atoms with E-state index >= 15 is 0 Å². The van der Waals surface area contributed by atoms with Crippen LogP contribution in [-0.2, 0) is 14.8 Å². The molecule has 4 rings (SSSR count). The minimum Gasteiger partial charge on any atom is -0.493 e. The average molecular weight is 493 g/mol. The van der Waals surface area contributed by atoms with E-state index in [1.54, 1.807) is 67.6 Å². The Balaban J connectivity index is 1.71. The molecule has 2 N–H and O–H groups in total. The fraction of sp³-hybridized carbons (Fsp3) is 0.160. The van der Waals surface area contributed by atoms with Crippen molar-refractivity contribution in [3.05, 3.63) is 78.4 Å². The van der Waals surface area contributed by atoms with Crippen molar-refractivity contribution in [2.24, 2.45) is 10.2 Å². The van der Waals surface area contributed by atoms with Gasteiger partial charge in [0.1, 0.15) is 12.3 Å². The molecule has 0 saturated heterocycles. The van der Waals surface area contributed by atoms with Crippen LogP contribution in [0, 0.1) is 6.92 Å². The number of nitrogens with one attached hydrogen (secondary N) is 1. The van der Waals surface area contributed by atoms with Gasteiger partial charge in [-0.05, 0) is 44.2 Å². The molecule has 1 aromatic heterocycles. The van der Waals surface area contributed by atoms with Gasteiger partial charge < -0.3 is 14.8 Å². The van der Waals surface area contributed by atoms with Gasteiger partial charge in [-0.3, -0.25) is 9.10 Å². The minimum absolute atomic E-state index is 0.0217. The van der Waals surface area contributed by atoms with Crippen LogP contribution in [0.5, 0.6) is 11.6 Å². The molecular formula is C25H24N4O5S. The number of aryl methyl sites for hydroxylation is 1. The summed E-state index contributed by atoms with van der Waals surface area (Å²) >= 11 is 0. The molecule has 0 radical (unpaired) electrons. The number of aromatic nitrogens is 1. The summed E-state index contributed by atoms with van der Waals surface area (Å²) in [6, 6.07) is 19.9. The second-order valence-corrected chi connectivity index (χ2v) is 9.55. The molecule has 0 saturated carbocycles. The number of anilines is 1. The highest BCUT2D eigenvalue weighted by molar-refractivity contribution is 7.92. The number of benzene rings is 3. The van der Waals surface area contributed by atoms with Crippen molar-refractivity contribution >= 4 is 38.2 Å². The SMILES string of the molecule is CCOc1ccccc1N(CC(=O)N=Nc1c(O)[nH]c2ccccc12)S(=O)(=O)c1ccc(C)cc1. The maximum absolute atomic E-state index is 13.6. The fourth-order valence-corrected chi connectivity index (χ4v) is 4.98. The highest BCUT2D eigenvalue weighted by Gasteiger charge is 2.29. The van der Waals surface area contributed by atoms with E-state index in [0.717, 1.165) is 9.87 Å². The van der Waals surface area contributed by atoms with Gasteiger partial charge >= 0.3 is 0 Å². The van der Waals surface area contributed by atoms with Gasteiger partial charge in [0.05, 0.1) is 22.7 Å². The molecule has 4 aromatic rings. The van der Waals surface area contributed by atoms with Crippen molar-refractivity contribution in [2.75, 3.05) is 17.5 Å². The van der Waals surface area contributed by atoms with Crippen LogP contribution in [0.15, 0.2) is 87.9 Å². The van der Waals surface area contributed by atoms with Crippen molar-refractivity contribution in [1.82, 2.24) is 4.98 Å². The zero-order valence-corrected chi connectivity index (χ0v) is 20.0. The van der Waals surface area contributed by atoms with Gasteiger partial charge in [-0.1, -0.05) is 48.0 Å². The summed E-state index contributed by atoms with van der Waals surface area (Å²) in [6.45, 7) is 3.32. The number of fused-ring (bicyclic) bond motifs is 1. The van der Waals surface area contributed by atoms with Gasteiger partial charge in [-0.25, -0.2) is 8.42 Å². The number of aromatic amines is 1. The first-order chi connectivity index (χ1) is 16.8. The zero-order valence-electron chi connectivity index (χ0n) is 19.2. The van der Waals surface area contributed by atoms with E-state index in [-0.39, 0.29) is 22.2 Å². The van der Waals surface area contributed by atoms with E-state index in [2.05, 4.69) is 15.2 Å². The molecular weight excluding hydrogens is 468 g/mol. The molecule has 9 nitrogen and oxygen atoms in total. The number of para-hydroxylation sites is 3. The van der Waals surface area contributed by atoms with Crippen LogP contribution in [-0.4, -0.2) is 37.6 Å². The van der Waals surface area contributed by atoms with E-state index in [0.29, 0.717) is 23.3 Å². The Morgan fingerprint density at radius 3 is 2.46 bits per heavy atom. The summed E-state index contributed by atoms with van der Waals surface area (Å²) in [5, 5.41) is 18.3. The highest BCUT2D eigenvalue weighted by Crippen LogP contribution is 2.36. The standard InChI is InChI=1S/C25H24N4O5S/c1-3-34-22-11-7-6-10-21(22)29(35(32,33)18-14-12-17(2)13-15-18)16-23(30)27-28-24-19-8-4-5-9-20(19)26-25(24)31/h4-15,26,31H,3,16H2,1-2H3. The Morgan fingerprint density at radius 1 is 1.03 bits per heavy atom. The summed E-state index contributed by atoms with van der Waals surface area (Å²) in [6.07, 6.45) is 0. The number of azo groups is 1. The first-order valence-corrected chi connectivity index (χ1v) is 12.3.